The summed E-state index contributed by atoms with van der Waals surface area (Å²) >= 11 is 0. The first-order chi connectivity index (χ1) is 10.9. The summed E-state index contributed by atoms with van der Waals surface area (Å²) in [6.45, 7) is 3.79. The topological polar surface area (TPSA) is 43.4 Å². The maximum absolute atomic E-state index is 12.8. The van der Waals surface area contributed by atoms with Crippen LogP contribution in [-0.4, -0.2) is 16.7 Å². The lowest BCUT2D eigenvalue weighted by Gasteiger charge is -2.23. The van der Waals surface area contributed by atoms with Crippen LogP contribution in [0.4, 0.5) is 0 Å². The predicted octanol–water partition coefficient (Wildman–Crippen LogP) is 3.66. The van der Waals surface area contributed by atoms with Gasteiger partial charge in [0.2, 0.25) is 8.32 Å². The fraction of sp³-hybridized carbons (Fsp3) is 0.111. The second kappa shape index (κ2) is 5.92. The van der Waals surface area contributed by atoms with Gasteiger partial charge in [-0.2, -0.15) is 8.42 Å². The number of fused-ring (bicyclic) bond motifs is 1. The maximum atomic E-state index is 12.8. The quantitative estimate of drug-likeness (QED) is 0.680. The smallest absolute Gasteiger partial charge is 0.288 e. The summed E-state index contributed by atoms with van der Waals surface area (Å²) in [6, 6.07) is 22.2. The minimum atomic E-state index is -3.83. The molecule has 0 spiro atoms. The summed E-state index contributed by atoms with van der Waals surface area (Å²) in [4.78, 5) is 0.229. The van der Waals surface area contributed by atoms with Gasteiger partial charge < -0.3 is 3.87 Å². The molecule has 0 radical (unpaired) electrons. The highest BCUT2D eigenvalue weighted by Crippen LogP contribution is 2.26. The molecule has 0 amide bonds. The van der Waals surface area contributed by atoms with E-state index in [1.807, 2.05) is 73.8 Å². The number of rotatable bonds is 4. The van der Waals surface area contributed by atoms with Crippen LogP contribution in [0.2, 0.25) is 13.1 Å². The highest BCUT2D eigenvalue weighted by atomic mass is 32.2. The molecule has 3 nitrogen and oxygen atoms in total. The van der Waals surface area contributed by atoms with Gasteiger partial charge in [-0.05, 0) is 29.7 Å². The molecule has 0 atom stereocenters. The molecule has 0 N–H and O–H groups in total. The highest BCUT2D eigenvalue weighted by Gasteiger charge is 2.33. The van der Waals surface area contributed by atoms with Gasteiger partial charge in [0.1, 0.15) is 4.90 Å². The Bertz CT molecular complexity index is 929. The number of hydrogen-bond acceptors (Lipinski definition) is 3. The van der Waals surface area contributed by atoms with Crippen molar-refractivity contribution in [1.29, 1.82) is 0 Å². The first kappa shape index (κ1) is 15.9. The highest BCUT2D eigenvalue weighted by molar-refractivity contribution is 7.88. The summed E-state index contributed by atoms with van der Waals surface area (Å²) in [7, 11) is -6.40. The normalized spacial score (nSPS) is 12.4. The van der Waals surface area contributed by atoms with Crippen molar-refractivity contribution >= 4 is 34.4 Å². The van der Waals surface area contributed by atoms with Crippen molar-refractivity contribution in [2.75, 3.05) is 0 Å². The van der Waals surface area contributed by atoms with E-state index in [9.17, 15) is 8.42 Å². The lowest BCUT2D eigenvalue weighted by molar-refractivity contribution is 0.489. The van der Waals surface area contributed by atoms with Crippen molar-refractivity contribution in [3.63, 3.8) is 0 Å². The molecule has 23 heavy (non-hydrogen) atoms. The van der Waals surface area contributed by atoms with Crippen molar-refractivity contribution in [1.82, 2.24) is 0 Å². The third kappa shape index (κ3) is 3.22. The molecule has 3 aromatic rings. The average Bonchev–Trinajstić information content (AvgIpc) is 2.54. The zero-order valence-corrected chi connectivity index (χ0v) is 14.9. The van der Waals surface area contributed by atoms with Crippen LogP contribution in [-0.2, 0) is 14.0 Å². The SMILES string of the molecule is C[Si](C)(OS(=O)(=O)c1cccc2ccccc12)c1ccccc1. The molecule has 118 valence electrons. The van der Waals surface area contributed by atoms with Crippen LogP contribution in [0.5, 0.6) is 0 Å². The van der Waals surface area contributed by atoms with Crippen LogP contribution in [0.3, 0.4) is 0 Å². The summed E-state index contributed by atoms with van der Waals surface area (Å²) < 4.78 is 31.4. The first-order valence-corrected chi connectivity index (χ1v) is 11.7. The van der Waals surface area contributed by atoms with E-state index in [2.05, 4.69) is 0 Å². The monoisotopic (exact) mass is 342 g/mol. The van der Waals surface area contributed by atoms with Gasteiger partial charge in [-0.1, -0.05) is 66.7 Å². The minimum absolute atomic E-state index is 0.229. The fourth-order valence-electron chi connectivity index (χ4n) is 2.62. The predicted molar refractivity (Wildman–Crippen MR) is 95.8 cm³/mol. The molecular weight excluding hydrogens is 324 g/mol. The van der Waals surface area contributed by atoms with E-state index >= 15 is 0 Å². The van der Waals surface area contributed by atoms with E-state index in [1.165, 1.54) is 0 Å². The molecule has 0 saturated carbocycles. The third-order valence-electron chi connectivity index (χ3n) is 3.81. The number of hydrogen-bond donors (Lipinski definition) is 0. The maximum Gasteiger partial charge on any atom is 0.288 e. The van der Waals surface area contributed by atoms with Gasteiger partial charge in [0.15, 0.2) is 0 Å². The van der Waals surface area contributed by atoms with Crippen LogP contribution in [0.15, 0.2) is 77.7 Å². The van der Waals surface area contributed by atoms with E-state index in [0.717, 1.165) is 10.6 Å². The molecule has 3 rings (SSSR count). The fourth-order valence-corrected chi connectivity index (χ4v) is 7.25. The van der Waals surface area contributed by atoms with E-state index in [4.69, 9.17) is 3.87 Å². The summed E-state index contributed by atoms with van der Waals surface area (Å²) in [5.41, 5.74) is 0. The molecule has 0 unspecified atom stereocenters. The molecule has 0 heterocycles. The van der Waals surface area contributed by atoms with Crippen LogP contribution >= 0.6 is 0 Å². The second-order valence-corrected chi connectivity index (χ2v) is 11.5. The van der Waals surface area contributed by atoms with Gasteiger partial charge in [0, 0.05) is 5.39 Å². The molecule has 0 aliphatic heterocycles. The van der Waals surface area contributed by atoms with Gasteiger partial charge in [0.25, 0.3) is 10.1 Å². The Kier molecular flexibility index (Phi) is 4.10. The molecule has 0 aliphatic rings. The van der Waals surface area contributed by atoms with Crippen LogP contribution < -0.4 is 5.19 Å². The summed E-state index contributed by atoms with van der Waals surface area (Å²) in [5.74, 6) is 0. The van der Waals surface area contributed by atoms with Crippen molar-refractivity contribution in [2.24, 2.45) is 0 Å². The zero-order valence-electron chi connectivity index (χ0n) is 13.1. The van der Waals surface area contributed by atoms with E-state index in [-0.39, 0.29) is 4.90 Å². The van der Waals surface area contributed by atoms with Gasteiger partial charge in [-0.15, -0.1) is 0 Å². The largest absolute Gasteiger partial charge is 0.306 e. The summed E-state index contributed by atoms with van der Waals surface area (Å²) in [5, 5.41) is 2.52. The van der Waals surface area contributed by atoms with Gasteiger partial charge in [0.05, 0.1) is 0 Å². The second-order valence-electron chi connectivity index (χ2n) is 5.89. The van der Waals surface area contributed by atoms with Gasteiger partial charge >= 0.3 is 0 Å². The lowest BCUT2D eigenvalue weighted by Crippen LogP contribution is -2.46. The Labute approximate surface area is 137 Å². The van der Waals surface area contributed by atoms with Crippen molar-refractivity contribution < 1.29 is 12.3 Å². The van der Waals surface area contributed by atoms with Crippen LogP contribution in [0.1, 0.15) is 0 Å². The van der Waals surface area contributed by atoms with Crippen molar-refractivity contribution in [3.8, 4) is 0 Å². The molecular formula is C18H18O3SSi. The molecule has 0 aromatic heterocycles. The molecule has 0 saturated heterocycles. The van der Waals surface area contributed by atoms with E-state index in [0.29, 0.717) is 5.39 Å². The molecule has 3 aromatic carbocycles. The Hall–Kier alpha value is -1.95. The van der Waals surface area contributed by atoms with Crippen molar-refractivity contribution in [2.45, 2.75) is 18.0 Å². The third-order valence-corrected chi connectivity index (χ3v) is 8.97. The number of benzene rings is 3. The zero-order chi connectivity index (χ0) is 16.5. The minimum Gasteiger partial charge on any atom is -0.306 e. The van der Waals surface area contributed by atoms with Gasteiger partial charge in [-0.25, -0.2) is 0 Å². The van der Waals surface area contributed by atoms with E-state index < -0.39 is 18.4 Å². The van der Waals surface area contributed by atoms with Crippen LogP contribution in [0, 0.1) is 0 Å². The van der Waals surface area contributed by atoms with Crippen molar-refractivity contribution in [3.05, 3.63) is 72.8 Å². The Morgan fingerprint density at radius 3 is 2.13 bits per heavy atom. The van der Waals surface area contributed by atoms with Crippen LogP contribution in [0.25, 0.3) is 10.8 Å². The Morgan fingerprint density at radius 1 is 0.783 bits per heavy atom. The average molecular weight is 342 g/mol. The molecule has 5 heteroatoms. The Morgan fingerprint density at radius 2 is 1.39 bits per heavy atom. The first-order valence-electron chi connectivity index (χ1n) is 7.39. The lowest BCUT2D eigenvalue weighted by atomic mass is 10.1. The Balaban J connectivity index is 2.05. The molecule has 0 aliphatic carbocycles. The molecule has 0 fully saturated rings. The summed E-state index contributed by atoms with van der Waals surface area (Å²) in [6.07, 6.45) is 0. The van der Waals surface area contributed by atoms with Gasteiger partial charge in [-0.3, -0.25) is 0 Å². The molecule has 0 bridgehead atoms. The standard InChI is InChI=1S/C18H18O3SSi/c1-23(2,16-11-4-3-5-12-16)21-22(19,20)18-14-8-10-15-9-6-7-13-17(15)18/h3-14H,1-2H3. The van der Waals surface area contributed by atoms with E-state index in [1.54, 1.807) is 12.1 Å².